The summed E-state index contributed by atoms with van der Waals surface area (Å²) in [4.78, 5) is 21.1. The average molecular weight is 420 g/mol. The van der Waals surface area contributed by atoms with E-state index in [1.807, 2.05) is 19.1 Å². The molecule has 6 nitrogen and oxygen atoms in total. The van der Waals surface area contributed by atoms with Gasteiger partial charge in [0.25, 0.3) is 0 Å². The number of nitrogens with zero attached hydrogens (tertiary/aromatic N) is 4. The normalized spacial score (nSPS) is 32.5. The molecular formula is C23H25N5OS. The molecule has 2 unspecified atom stereocenters. The van der Waals surface area contributed by atoms with E-state index in [9.17, 15) is 15.3 Å². The quantitative estimate of drug-likeness (QED) is 0.806. The molecule has 4 rings (SSSR count). The summed E-state index contributed by atoms with van der Waals surface area (Å²) in [7, 11) is 1.65. The highest BCUT2D eigenvalue weighted by molar-refractivity contribution is 7.12. The molecule has 1 amide bonds. The van der Waals surface area contributed by atoms with Crippen molar-refractivity contribution in [2.75, 3.05) is 7.05 Å². The number of aliphatic imine (C=N–C) groups is 1. The van der Waals surface area contributed by atoms with Gasteiger partial charge in [0.05, 0.1) is 17.4 Å². The topological polar surface area (TPSA) is 106 Å². The molecule has 0 aromatic carbocycles. The second-order valence-corrected chi connectivity index (χ2v) is 9.82. The number of carbonyl (C=O) groups is 1. The lowest BCUT2D eigenvalue weighted by molar-refractivity contribution is -0.136. The van der Waals surface area contributed by atoms with Crippen LogP contribution in [0.5, 0.6) is 0 Å². The third kappa shape index (κ3) is 2.88. The zero-order valence-electron chi connectivity index (χ0n) is 17.4. The van der Waals surface area contributed by atoms with Gasteiger partial charge in [0.15, 0.2) is 5.96 Å². The smallest absolute Gasteiger partial charge is 0.235 e. The van der Waals surface area contributed by atoms with Gasteiger partial charge in [-0.15, -0.1) is 11.3 Å². The first-order valence-corrected chi connectivity index (χ1v) is 11.0. The summed E-state index contributed by atoms with van der Waals surface area (Å²) in [5, 5.41) is 19.0. The number of amides is 1. The first-order valence-electron chi connectivity index (χ1n) is 10.2. The molecule has 1 aliphatic heterocycles. The molecule has 7 heteroatoms. The Kier molecular flexibility index (Phi) is 4.83. The van der Waals surface area contributed by atoms with Crippen molar-refractivity contribution in [3.8, 4) is 12.1 Å². The van der Waals surface area contributed by atoms with Gasteiger partial charge in [0.2, 0.25) is 5.91 Å². The van der Waals surface area contributed by atoms with Crippen LogP contribution in [0.15, 0.2) is 40.9 Å². The Hall–Kier alpha value is -2.90. The highest BCUT2D eigenvalue weighted by Crippen LogP contribution is 2.52. The van der Waals surface area contributed by atoms with Gasteiger partial charge in [-0.1, -0.05) is 25.2 Å². The molecule has 0 bridgehead atoms. The van der Waals surface area contributed by atoms with Crippen LogP contribution in [-0.2, 0) is 10.3 Å². The van der Waals surface area contributed by atoms with E-state index in [1.165, 1.54) is 16.2 Å². The van der Waals surface area contributed by atoms with Gasteiger partial charge in [0.1, 0.15) is 16.5 Å². The van der Waals surface area contributed by atoms with Crippen molar-refractivity contribution in [2.45, 2.75) is 38.6 Å². The minimum absolute atomic E-state index is 0.0717. The zero-order chi connectivity index (χ0) is 21.7. The zero-order valence-corrected chi connectivity index (χ0v) is 18.2. The minimum atomic E-state index is -0.856. The van der Waals surface area contributed by atoms with Gasteiger partial charge in [-0.25, -0.2) is 4.99 Å². The maximum Gasteiger partial charge on any atom is 0.235 e. The molecule has 2 aliphatic carbocycles. The summed E-state index contributed by atoms with van der Waals surface area (Å²) in [6.07, 6.45) is 9.16. The molecule has 2 N–H and O–H groups in total. The van der Waals surface area contributed by atoms with Crippen LogP contribution in [0.25, 0.3) is 0 Å². The van der Waals surface area contributed by atoms with Crippen molar-refractivity contribution in [1.82, 2.24) is 4.90 Å². The van der Waals surface area contributed by atoms with Crippen LogP contribution in [0.3, 0.4) is 0 Å². The number of hydrogen-bond acceptors (Lipinski definition) is 6. The van der Waals surface area contributed by atoms with Crippen LogP contribution in [0.2, 0.25) is 0 Å². The van der Waals surface area contributed by atoms with Crippen LogP contribution >= 0.6 is 11.3 Å². The van der Waals surface area contributed by atoms with Gasteiger partial charge in [-0.05, 0) is 55.7 Å². The summed E-state index contributed by atoms with van der Waals surface area (Å²) in [6.45, 7) is 4.04. The summed E-state index contributed by atoms with van der Waals surface area (Å²) in [5.74, 6) is -0.360. The maximum atomic E-state index is 13.4. The van der Waals surface area contributed by atoms with E-state index in [4.69, 9.17) is 10.7 Å². The van der Waals surface area contributed by atoms with Crippen molar-refractivity contribution in [3.05, 3.63) is 45.7 Å². The Balaban J connectivity index is 1.75. The molecule has 3 aliphatic rings. The maximum absolute atomic E-state index is 13.4. The second-order valence-electron chi connectivity index (χ2n) is 8.73. The summed E-state index contributed by atoms with van der Waals surface area (Å²) >= 11 is 1.36. The van der Waals surface area contributed by atoms with E-state index in [0.29, 0.717) is 4.88 Å². The molecule has 1 fully saturated rings. The van der Waals surface area contributed by atoms with Crippen molar-refractivity contribution in [2.24, 2.45) is 33.9 Å². The van der Waals surface area contributed by atoms with Crippen LogP contribution in [0.4, 0.5) is 0 Å². The lowest BCUT2D eigenvalue weighted by Gasteiger charge is -2.45. The van der Waals surface area contributed by atoms with Crippen molar-refractivity contribution < 1.29 is 4.79 Å². The Bertz CT molecular complexity index is 1060. The Morgan fingerprint density at radius 3 is 2.60 bits per heavy atom. The highest BCUT2D eigenvalue weighted by atomic mass is 32.1. The predicted molar refractivity (Wildman–Crippen MR) is 116 cm³/mol. The summed E-state index contributed by atoms with van der Waals surface area (Å²) in [6, 6.07) is 8.32. The molecule has 4 atom stereocenters. The number of hydrogen-bond donors (Lipinski definition) is 1. The number of thiophene rings is 1. The highest BCUT2D eigenvalue weighted by Gasteiger charge is 2.52. The Morgan fingerprint density at radius 2 is 2.07 bits per heavy atom. The van der Waals surface area contributed by atoms with E-state index >= 15 is 0 Å². The largest absolute Gasteiger partial charge is 0.369 e. The van der Waals surface area contributed by atoms with Gasteiger partial charge in [0, 0.05) is 11.9 Å². The van der Waals surface area contributed by atoms with Crippen LogP contribution in [0.1, 0.15) is 42.9 Å². The summed E-state index contributed by atoms with van der Waals surface area (Å²) < 4.78 is 0. The third-order valence-electron chi connectivity index (χ3n) is 7.01. The predicted octanol–water partition coefficient (Wildman–Crippen LogP) is 3.68. The molecule has 154 valence electrons. The number of rotatable bonds is 3. The fourth-order valence-electron chi connectivity index (χ4n) is 4.93. The van der Waals surface area contributed by atoms with Crippen LogP contribution in [-0.4, -0.2) is 23.8 Å². The standard InChI is InChI=1S/C23H25N5OS/c1-14-11-15(23(13-25)9-4-10-23)5-7-17(14)19-20(29)28(3)21(26)27-22(19,2)18-8-6-16(12-24)30-18/h5-8,11,14,17,19H,4,9-10H2,1-3H3,(H2,26,27)/t14?,17?,19-,22-/m1/s1. The van der Waals surface area contributed by atoms with Gasteiger partial charge < -0.3 is 5.73 Å². The lowest BCUT2D eigenvalue weighted by atomic mass is 9.61. The fraction of sp³-hybridized carbons (Fsp3) is 0.478. The van der Waals surface area contributed by atoms with E-state index in [-0.39, 0.29) is 29.1 Å². The molecule has 1 aromatic heterocycles. The molecule has 1 saturated carbocycles. The van der Waals surface area contributed by atoms with Crippen LogP contribution < -0.4 is 5.73 Å². The van der Waals surface area contributed by atoms with Gasteiger partial charge in [-0.2, -0.15) is 10.5 Å². The van der Waals surface area contributed by atoms with E-state index in [2.05, 4.69) is 31.2 Å². The lowest BCUT2D eigenvalue weighted by Crippen LogP contribution is -2.56. The average Bonchev–Trinajstić information content (AvgIpc) is 3.17. The van der Waals surface area contributed by atoms with Crippen molar-refractivity contribution in [1.29, 1.82) is 10.5 Å². The Morgan fingerprint density at radius 1 is 1.33 bits per heavy atom. The molecular weight excluding hydrogens is 394 g/mol. The van der Waals surface area contributed by atoms with Crippen LogP contribution in [0, 0.1) is 45.8 Å². The monoisotopic (exact) mass is 419 g/mol. The van der Waals surface area contributed by atoms with E-state index < -0.39 is 11.5 Å². The fourth-order valence-corrected chi connectivity index (χ4v) is 5.87. The van der Waals surface area contributed by atoms with Gasteiger partial charge >= 0.3 is 0 Å². The number of allylic oxidation sites excluding steroid dienone is 4. The van der Waals surface area contributed by atoms with E-state index in [1.54, 1.807) is 13.1 Å². The second kappa shape index (κ2) is 7.11. The molecule has 1 aromatic rings. The molecule has 0 spiro atoms. The first kappa shape index (κ1) is 20.4. The summed E-state index contributed by atoms with van der Waals surface area (Å²) in [5.41, 5.74) is 5.95. The van der Waals surface area contributed by atoms with Crippen molar-refractivity contribution in [3.63, 3.8) is 0 Å². The van der Waals surface area contributed by atoms with E-state index in [0.717, 1.165) is 29.7 Å². The number of nitrogens with two attached hydrogens (primary N) is 1. The van der Waals surface area contributed by atoms with Crippen molar-refractivity contribution >= 4 is 23.2 Å². The van der Waals surface area contributed by atoms with Gasteiger partial charge in [-0.3, -0.25) is 9.69 Å². The number of carbonyl (C=O) groups excluding carboxylic acids is 1. The SMILES string of the molecule is CC1C=C(C2(C#N)CCC2)C=CC1[C@@H]1C(=O)N(C)C(N)=N[C@]1(C)c1ccc(C#N)s1. The molecule has 0 saturated heterocycles. The Labute approximate surface area is 181 Å². The molecule has 2 heterocycles. The number of guanidine groups is 1. The molecule has 30 heavy (non-hydrogen) atoms. The number of nitriles is 2. The third-order valence-corrected chi connectivity index (χ3v) is 8.23. The molecule has 0 radical (unpaired) electrons. The minimum Gasteiger partial charge on any atom is -0.369 e. The first-order chi connectivity index (χ1) is 14.3.